The van der Waals surface area contributed by atoms with Crippen LogP contribution in [0.1, 0.15) is 41.9 Å². The maximum atomic E-state index is 12.7. The largest absolute Gasteiger partial charge is 0.462 e. The van der Waals surface area contributed by atoms with Crippen LogP contribution < -0.4 is 0 Å². The summed E-state index contributed by atoms with van der Waals surface area (Å²) in [6.07, 6.45) is 1.42. The number of benzene rings is 1. The van der Waals surface area contributed by atoms with Gasteiger partial charge in [0.05, 0.1) is 11.0 Å². The van der Waals surface area contributed by atoms with Gasteiger partial charge in [0.1, 0.15) is 6.54 Å². The van der Waals surface area contributed by atoms with E-state index in [0.717, 1.165) is 44.9 Å². The van der Waals surface area contributed by atoms with Crippen molar-refractivity contribution >= 4 is 35.0 Å². The molecule has 2 amide bonds. The number of thioether (sulfide) groups is 1. The Balaban J connectivity index is 1.90. The SMILES string of the molecule is Cc1ccc(-n2c(C)cc(/C=C3/SC(=O)N(CC(=O)OC(C)C)C3=O)c2C)c(C)c1. The number of imide groups is 1. The average molecular weight is 427 g/mol. The number of rotatable bonds is 5. The molecular weight excluding hydrogens is 400 g/mol. The van der Waals surface area contributed by atoms with Crippen LogP contribution in [-0.2, 0) is 14.3 Å². The average Bonchev–Trinajstić information content (AvgIpc) is 3.05. The number of carbonyl (C=O) groups excluding carboxylic acids is 3. The van der Waals surface area contributed by atoms with Gasteiger partial charge in [0.25, 0.3) is 11.1 Å². The van der Waals surface area contributed by atoms with Gasteiger partial charge in [-0.05, 0) is 82.6 Å². The van der Waals surface area contributed by atoms with Gasteiger partial charge in [-0.3, -0.25) is 19.3 Å². The van der Waals surface area contributed by atoms with E-state index < -0.39 is 17.1 Å². The number of aromatic nitrogens is 1. The second kappa shape index (κ2) is 8.52. The van der Waals surface area contributed by atoms with Crippen LogP contribution in [0, 0.1) is 27.7 Å². The third kappa shape index (κ3) is 4.36. The normalized spacial score (nSPS) is 15.6. The van der Waals surface area contributed by atoms with Crippen molar-refractivity contribution in [2.45, 2.75) is 47.6 Å². The van der Waals surface area contributed by atoms with Crippen molar-refractivity contribution in [3.63, 3.8) is 0 Å². The summed E-state index contributed by atoms with van der Waals surface area (Å²) in [5, 5.41) is -0.463. The number of esters is 1. The first-order valence-corrected chi connectivity index (χ1v) is 10.6. The molecule has 158 valence electrons. The van der Waals surface area contributed by atoms with Gasteiger partial charge >= 0.3 is 5.97 Å². The first kappa shape index (κ1) is 21.9. The van der Waals surface area contributed by atoms with Gasteiger partial charge in [-0.25, -0.2) is 0 Å². The summed E-state index contributed by atoms with van der Waals surface area (Å²) >= 11 is 0.844. The van der Waals surface area contributed by atoms with Crippen molar-refractivity contribution in [2.24, 2.45) is 0 Å². The van der Waals surface area contributed by atoms with Crippen molar-refractivity contribution in [3.05, 3.63) is 57.2 Å². The van der Waals surface area contributed by atoms with Crippen molar-refractivity contribution in [3.8, 4) is 5.69 Å². The van der Waals surface area contributed by atoms with Crippen molar-refractivity contribution in [1.29, 1.82) is 0 Å². The van der Waals surface area contributed by atoms with Gasteiger partial charge in [0.2, 0.25) is 0 Å². The molecule has 0 radical (unpaired) electrons. The van der Waals surface area contributed by atoms with Crippen LogP contribution in [-0.4, -0.2) is 39.2 Å². The zero-order chi connectivity index (χ0) is 22.2. The number of ether oxygens (including phenoxy) is 1. The molecule has 7 heteroatoms. The summed E-state index contributed by atoms with van der Waals surface area (Å²) in [5.74, 6) is -1.07. The first-order chi connectivity index (χ1) is 14.1. The van der Waals surface area contributed by atoms with Crippen LogP contribution in [0.4, 0.5) is 4.79 Å². The van der Waals surface area contributed by atoms with Gasteiger partial charge in [-0.15, -0.1) is 0 Å². The second-order valence-corrected chi connectivity index (χ2v) is 8.75. The molecule has 1 fully saturated rings. The van der Waals surface area contributed by atoms with Crippen LogP contribution >= 0.6 is 11.8 Å². The Morgan fingerprint density at radius 3 is 2.47 bits per heavy atom. The van der Waals surface area contributed by atoms with E-state index in [1.807, 2.05) is 19.9 Å². The van der Waals surface area contributed by atoms with E-state index >= 15 is 0 Å². The van der Waals surface area contributed by atoms with E-state index in [2.05, 4.69) is 36.6 Å². The molecule has 2 aromatic rings. The Morgan fingerprint density at radius 2 is 1.83 bits per heavy atom. The molecule has 0 atom stereocenters. The van der Waals surface area contributed by atoms with Crippen LogP contribution in [0.5, 0.6) is 0 Å². The zero-order valence-corrected chi connectivity index (χ0v) is 18.9. The van der Waals surface area contributed by atoms with E-state index in [4.69, 9.17) is 4.74 Å². The van der Waals surface area contributed by atoms with E-state index in [1.54, 1.807) is 19.9 Å². The Hall–Kier alpha value is -2.80. The topological polar surface area (TPSA) is 68.6 Å². The van der Waals surface area contributed by atoms with Crippen LogP contribution in [0.3, 0.4) is 0 Å². The van der Waals surface area contributed by atoms with Crippen molar-refractivity contribution in [2.75, 3.05) is 6.54 Å². The summed E-state index contributed by atoms with van der Waals surface area (Å²) in [6.45, 7) is 11.2. The molecule has 30 heavy (non-hydrogen) atoms. The minimum absolute atomic E-state index is 0.302. The summed E-state index contributed by atoms with van der Waals surface area (Å²) in [7, 11) is 0. The molecule has 0 saturated carbocycles. The molecule has 1 aromatic heterocycles. The van der Waals surface area contributed by atoms with Gasteiger partial charge in [0, 0.05) is 17.1 Å². The number of amides is 2. The third-order valence-corrected chi connectivity index (χ3v) is 5.79. The number of aryl methyl sites for hydroxylation is 3. The highest BCUT2D eigenvalue weighted by atomic mass is 32.2. The minimum atomic E-state index is -0.596. The second-order valence-electron chi connectivity index (χ2n) is 7.76. The molecular formula is C23H26N2O4S. The van der Waals surface area contributed by atoms with Crippen LogP contribution in [0.25, 0.3) is 11.8 Å². The predicted molar refractivity (Wildman–Crippen MR) is 119 cm³/mol. The molecule has 2 heterocycles. The van der Waals surface area contributed by atoms with Crippen LogP contribution in [0.2, 0.25) is 0 Å². The van der Waals surface area contributed by atoms with Crippen molar-refractivity contribution < 1.29 is 19.1 Å². The molecule has 0 bridgehead atoms. The number of hydrogen-bond donors (Lipinski definition) is 0. The number of carbonyl (C=O) groups is 3. The maximum absolute atomic E-state index is 12.7. The Kier molecular flexibility index (Phi) is 6.22. The van der Waals surface area contributed by atoms with Crippen molar-refractivity contribution in [1.82, 2.24) is 9.47 Å². The van der Waals surface area contributed by atoms with Gasteiger partial charge in [-0.1, -0.05) is 17.7 Å². The summed E-state index contributed by atoms with van der Waals surface area (Å²) in [4.78, 5) is 38.1. The monoisotopic (exact) mass is 426 g/mol. The molecule has 0 unspecified atom stereocenters. The highest BCUT2D eigenvalue weighted by molar-refractivity contribution is 8.18. The van der Waals surface area contributed by atoms with E-state index in [1.165, 1.54) is 5.56 Å². The molecule has 1 aliphatic heterocycles. The molecule has 1 aromatic carbocycles. The Morgan fingerprint density at radius 1 is 1.13 bits per heavy atom. The summed E-state index contributed by atoms with van der Waals surface area (Å²) in [5.41, 5.74) is 6.31. The highest BCUT2D eigenvalue weighted by Gasteiger charge is 2.37. The fraction of sp³-hybridized carbons (Fsp3) is 0.348. The number of nitrogens with zero attached hydrogens (tertiary/aromatic N) is 2. The maximum Gasteiger partial charge on any atom is 0.326 e. The fourth-order valence-electron chi connectivity index (χ4n) is 3.57. The lowest BCUT2D eigenvalue weighted by Crippen LogP contribution is -2.35. The Bertz CT molecular complexity index is 1070. The summed E-state index contributed by atoms with van der Waals surface area (Å²) in [6, 6.07) is 8.29. The van der Waals surface area contributed by atoms with E-state index in [0.29, 0.717) is 4.91 Å². The third-order valence-electron chi connectivity index (χ3n) is 4.88. The van der Waals surface area contributed by atoms with E-state index in [-0.39, 0.29) is 12.6 Å². The quantitative estimate of drug-likeness (QED) is 0.512. The predicted octanol–water partition coefficient (Wildman–Crippen LogP) is 4.70. The lowest BCUT2D eigenvalue weighted by molar-refractivity contribution is -0.149. The standard InChI is InChI=1S/C23H26N2O4S/c1-13(2)29-21(26)12-24-22(27)20(30-23(24)28)11-18-10-16(5)25(17(18)6)19-8-7-14(3)9-15(19)4/h7-11,13H,12H2,1-6H3/b20-11+. The zero-order valence-electron chi connectivity index (χ0n) is 18.1. The lowest BCUT2D eigenvalue weighted by Gasteiger charge is -2.13. The molecule has 3 rings (SSSR count). The van der Waals surface area contributed by atoms with E-state index in [9.17, 15) is 14.4 Å². The van der Waals surface area contributed by atoms with Gasteiger partial charge in [0.15, 0.2) is 0 Å². The Labute approximate surface area is 180 Å². The molecule has 6 nitrogen and oxygen atoms in total. The first-order valence-electron chi connectivity index (χ1n) is 9.80. The summed E-state index contributed by atoms with van der Waals surface area (Å²) < 4.78 is 7.20. The molecule has 1 saturated heterocycles. The smallest absolute Gasteiger partial charge is 0.326 e. The molecule has 0 aliphatic carbocycles. The molecule has 1 aliphatic rings. The lowest BCUT2D eigenvalue weighted by atomic mass is 10.1. The molecule has 0 N–H and O–H groups in total. The van der Waals surface area contributed by atoms with Gasteiger partial charge in [-0.2, -0.15) is 0 Å². The molecule has 0 spiro atoms. The fourth-order valence-corrected chi connectivity index (χ4v) is 4.40. The number of hydrogen-bond acceptors (Lipinski definition) is 5. The van der Waals surface area contributed by atoms with Crippen LogP contribution in [0.15, 0.2) is 29.2 Å². The highest BCUT2D eigenvalue weighted by Crippen LogP contribution is 2.34. The van der Waals surface area contributed by atoms with Gasteiger partial charge < -0.3 is 9.30 Å². The minimum Gasteiger partial charge on any atom is -0.462 e.